The zero-order valence-corrected chi connectivity index (χ0v) is 13.4. The van der Waals surface area contributed by atoms with Gasteiger partial charge in [0.1, 0.15) is 5.52 Å². The molecule has 2 rings (SSSR count). The smallest absolute Gasteiger partial charge is 0.313 e. The van der Waals surface area contributed by atoms with Crippen molar-refractivity contribution in [2.45, 2.75) is 18.6 Å². The molecule has 0 atom stereocenters. The Hall–Kier alpha value is -1.47. The van der Waals surface area contributed by atoms with Crippen molar-refractivity contribution in [2.75, 3.05) is 17.3 Å². The first-order chi connectivity index (χ1) is 10.1. The lowest BCUT2D eigenvalue weighted by Crippen LogP contribution is -2.05. The molecule has 7 heteroatoms. The Labute approximate surface area is 131 Å². The number of aromatic nitrogens is 3. The summed E-state index contributed by atoms with van der Waals surface area (Å²) in [7, 11) is 0. The molecule has 0 spiro atoms. The van der Waals surface area contributed by atoms with E-state index in [4.69, 9.17) is 5.11 Å². The van der Waals surface area contributed by atoms with Gasteiger partial charge in [0.05, 0.1) is 5.75 Å². The molecule has 0 fully saturated rings. The van der Waals surface area contributed by atoms with Crippen LogP contribution < -0.4 is 0 Å². The first-order valence-corrected chi connectivity index (χ1v) is 8.62. The number of hydrogen-bond acceptors (Lipinski definition) is 5. The summed E-state index contributed by atoms with van der Waals surface area (Å²) < 4.78 is 2.01. The van der Waals surface area contributed by atoms with Gasteiger partial charge in [-0.15, -0.1) is 6.58 Å². The van der Waals surface area contributed by atoms with E-state index in [9.17, 15) is 4.79 Å². The average molecular weight is 323 g/mol. The van der Waals surface area contributed by atoms with Gasteiger partial charge in [0, 0.05) is 24.2 Å². The maximum atomic E-state index is 10.8. The van der Waals surface area contributed by atoms with Crippen LogP contribution in [0.1, 0.15) is 5.56 Å². The van der Waals surface area contributed by atoms with Crippen molar-refractivity contribution in [1.29, 1.82) is 0 Å². The fourth-order valence-electron chi connectivity index (χ4n) is 1.88. The fourth-order valence-corrected chi connectivity index (χ4v) is 3.27. The maximum absolute atomic E-state index is 10.8. The molecule has 0 saturated carbocycles. The maximum Gasteiger partial charge on any atom is 0.313 e. The molecule has 0 unspecified atom stereocenters. The minimum Gasteiger partial charge on any atom is -0.481 e. The van der Waals surface area contributed by atoms with E-state index in [0.717, 1.165) is 34.8 Å². The van der Waals surface area contributed by atoms with Crippen molar-refractivity contribution in [1.82, 2.24) is 14.5 Å². The predicted molar refractivity (Wildman–Crippen MR) is 88.1 cm³/mol. The molecule has 112 valence electrons. The lowest BCUT2D eigenvalue weighted by Gasteiger charge is -2.07. The molecule has 0 bridgehead atoms. The lowest BCUT2D eigenvalue weighted by molar-refractivity contribution is -0.133. The zero-order chi connectivity index (χ0) is 15.2. The topological polar surface area (TPSA) is 68.0 Å². The van der Waals surface area contributed by atoms with Crippen molar-refractivity contribution in [3.63, 3.8) is 0 Å². The molecule has 2 aromatic heterocycles. The summed E-state index contributed by atoms with van der Waals surface area (Å²) in [5.74, 6) is 0.969. The Bertz CT molecular complexity index is 655. The number of carboxylic acids is 1. The number of nitrogens with zero attached hydrogens (tertiary/aromatic N) is 3. The molecular formula is C14H17N3O2S2. The van der Waals surface area contributed by atoms with Crippen LogP contribution in [0.2, 0.25) is 0 Å². The second-order valence-electron chi connectivity index (χ2n) is 4.39. The Morgan fingerprint density at radius 3 is 3.10 bits per heavy atom. The number of fused-ring (bicyclic) bond motifs is 1. The van der Waals surface area contributed by atoms with Gasteiger partial charge in [-0.25, -0.2) is 9.97 Å². The minimum absolute atomic E-state index is 0.00215. The molecule has 0 saturated heterocycles. The van der Waals surface area contributed by atoms with Gasteiger partial charge in [-0.3, -0.25) is 4.79 Å². The number of thioether (sulfide) groups is 2. The highest BCUT2D eigenvalue weighted by Gasteiger charge is 2.14. The van der Waals surface area contributed by atoms with E-state index in [2.05, 4.69) is 16.5 Å². The fraction of sp³-hybridized carbons (Fsp3) is 0.357. The van der Waals surface area contributed by atoms with Gasteiger partial charge in [-0.1, -0.05) is 17.8 Å². The van der Waals surface area contributed by atoms with Crippen LogP contribution in [-0.2, 0) is 11.3 Å². The van der Waals surface area contributed by atoms with Crippen LogP contribution >= 0.6 is 23.5 Å². The first kappa shape index (κ1) is 15.9. The van der Waals surface area contributed by atoms with Gasteiger partial charge >= 0.3 is 5.97 Å². The van der Waals surface area contributed by atoms with E-state index in [-0.39, 0.29) is 5.75 Å². The molecule has 0 radical (unpaired) electrons. The van der Waals surface area contributed by atoms with Gasteiger partial charge in [-0.05, 0) is 18.6 Å². The third-order valence-corrected chi connectivity index (χ3v) is 4.72. The van der Waals surface area contributed by atoms with Crippen LogP contribution in [0.15, 0.2) is 30.1 Å². The molecule has 2 heterocycles. The Balaban J connectivity index is 2.28. The number of carbonyl (C=O) groups is 1. The lowest BCUT2D eigenvalue weighted by atomic mass is 10.3. The molecule has 0 aliphatic carbocycles. The molecule has 0 aromatic carbocycles. The van der Waals surface area contributed by atoms with Gasteiger partial charge < -0.3 is 9.67 Å². The highest BCUT2D eigenvalue weighted by Crippen LogP contribution is 2.25. The van der Waals surface area contributed by atoms with Crippen LogP contribution in [0.25, 0.3) is 11.2 Å². The van der Waals surface area contributed by atoms with Gasteiger partial charge in [0.25, 0.3) is 0 Å². The number of aliphatic carboxylic acids is 1. The summed E-state index contributed by atoms with van der Waals surface area (Å²) in [6.07, 6.45) is 3.64. The van der Waals surface area contributed by atoms with Gasteiger partial charge in [-0.2, -0.15) is 11.8 Å². The monoisotopic (exact) mass is 323 g/mol. The summed E-state index contributed by atoms with van der Waals surface area (Å²) in [5.41, 5.74) is 2.72. The van der Waals surface area contributed by atoms with Crippen molar-refractivity contribution in [3.8, 4) is 0 Å². The third kappa shape index (κ3) is 4.01. The van der Waals surface area contributed by atoms with E-state index in [1.165, 1.54) is 11.8 Å². The Morgan fingerprint density at radius 2 is 2.38 bits per heavy atom. The number of hydrogen-bond donors (Lipinski definition) is 1. The molecular weight excluding hydrogens is 306 g/mol. The molecule has 2 aromatic rings. The van der Waals surface area contributed by atoms with Crippen molar-refractivity contribution >= 4 is 40.7 Å². The first-order valence-electron chi connectivity index (χ1n) is 6.48. The molecule has 1 N–H and O–H groups in total. The van der Waals surface area contributed by atoms with Crippen molar-refractivity contribution in [3.05, 3.63) is 30.5 Å². The Kier molecular flexibility index (Phi) is 5.69. The van der Waals surface area contributed by atoms with E-state index in [1.807, 2.05) is 23.6 Å². The van der Waals surface area contributed by atoms with Crippen LogP contribution in [0.5, 0.6) is 0 Å². The standard InChI is InChI=1S/C14H17N3O2S2/c1-3-7-20-8-6-17-13-12(10(2)4-5-15-13)16-14(17)21-9-11(18)19/h3-5H,1,6-9H2,2H3,(H,18,19). The number of imidazole rings is 1. The molecule has 5 nitrogen and oxygen atoms in total. The van der Waals surface area contributed by atoms with Gasteiger partial charge in [0.2, 0.25) is 0 Å². The van der Waals surface area contributed by atoms with E-state index in [1.54, 1.807) is 18.0 Å². The summed E-state index contributed by atoms with van der Waals surface area (Å²) in [4.78, 5) is 19.7. The van der Waals surface area contributed by atoms with Crippen LogP contribution in [-0.4, -0.2) is 42.9 Å². The normalized spacial score (nSPS) is 10.9. The highest BCUT2D eigenvalue weighted by molar-refractivity contribution is 8.00. The molecule has 0 aliphatic heterocycles. The van der Waals surface area contributed by atoms with Crippen molar-refractivity contribution in [2.24, 2.45) is 0 Å². The Morgan fingerprint density at radius 1 is 1.57 bits per heavy atom. The molecule has 0 aliphatic rings. The minimum atomic E-state index is -0.843. The second kappa shape index (κ2) is 7.51. The third-order valence-electron chi connectivity index (χ3n) is 2.82. The van der Waals surface area contributed by atoms with Crippen LogP contribution in [0, 0.1) is 6.92 Å². The summed E-state index contributed by atoms with van der Waals surface area (Å²) in [5, 5.41) is 9.57. The summed E-state index contributed by atoms with van der Waals surface area (Å²) >= 11 is 3.01. The predicted octanol–water partition coefficient (Wildman–Crippen LogP) is 2.84. The number of aryl methyl sites for hydroxylation is 2. The van der Waals surface area contributed by atoms with Crippen LogP contribution in [0.3, 0.4) is 0 Å². The summed E-state index contributed by atoms with van der Waals surface area (Å²) in [6.45, 7) is 6.44. The van der Waals surface area contributed by atoms with E-state index in [0.29, 0.717) is 5.16 Å². The van der Waals surface area contributed by atoms with Crippen LogP contribution in [0.4, 0.5) is 0 Å². The second-order valence-corrected chi connectivity index (χ2v) is 6.48. The number of pyridine rings is 1. The molecule has 21 heavy (non-hydrogen) atoms. The van der Waals surface area contributed by atoms with E-state index < -0.39 is 5.97 Å². The average Bonchev–Trinajstić information content (AvgIpc) is 2.81. The molecule has 0 amide bonds. The highest BCUT2D eigenvalue weighted by atomic mass is 32.2. The summed E-state index contributed by atoms with van der Waals surface area (Å²) in [6, 6.07) is 1.91. The van der Waals surface area contributed by atoms with Crippen molar-refractivity contribution < 1.29 is 9.90 Å². The quantitative estimate of drug-likeness (QED) is 0.458. The van der Waals surface area contributed by atoms with Gasteiger partial charge in [0.15, 0.2) is 10.8 Å². The largest absolute Gasteiger partial charge is 0.481 e. The zero-order valence-electron chi connectivity index (χ0n) is 11.8. The number of rotatable bonds is 8. The SMILES string of the molecule is C=CCSCCn1c(SCC(=O)O)nc2c(C)ccnc21. The number of carboxylic acid groups (broad SMARTS) is 1. The van der Waals surface area contributed by atoms with E-state index >= 15 is 0 Å².